The number of halogens is 2. The van der Waals surface area contributed by atoms with E-state index < -0.39 is 0 Å². The van der Waals surface area contributed by atoms with Gasteiger partial charge in [0.1, 0.15) is 11.6 Å². The summed E-state index contributed by atoms with van der Waals surface area (Å²) in [5.74, 6) is 0.864. The average Bonchev–Trinajstić information content (AvgIpc) is 3.12. The molecule has 2 rings (SSSR count). The fourth-order valence-electron chi connectivity index (χ4n) is 1.80. The first-order valence-electron chi connectivity index (χ1n) is 5.98. The molecule has 17 heavy (non-hydrogen) atoms. The molecule has 1 fully saturated rings. The second kappa shape index (κ2) is 5.83. The van der Waals surface area contributed by atoms with Crippen molar-refractivity contribution in [3.05, 3.63) is 29.8 Å². The van der Waals surface area contributed by atoms with Gasteiger partial charge in [-0.3, -0.25) is 0 Å². The van der Waals surface area contributed by atoms with Crippen LogP contribution in [0, 0.1) is 17.6 Å². The molecule has 1 aliphatic carbocycles. The largest absolute Gasteiger partial charge is 0.313 e. The maximum Gasteiger partial charge on any atom is 0.136 e. The van der Waals surface area contributed by atoms with Gasteiger partial charge in [0.05, 0.1) is 0 Å². The molecule has 0 radical (unpaired) electrons. The predicted octanol–water partition coefficient (Wildman–Crippen LogP) is 3.45. The normalized spacial score (nSPS) is 17.1. The predicted molar refractivity (Wildman–Crippen MR) is 67.3 cm³/mol. The molecule has 0 spiro atoms. The van der Waals surface area contributed by atoms with Gasteiger partial charge < -0.3 is 5.32 Å². The summed E-state index contributed by atoms with van der Waals surface area (Å²) in [7, 11) is 0. The summed E-state index contributed by atoms with van der Waals surface area (Å²) < 4.78 is 26.2. The van der Waals surface area contributed by atoms with E-state index in [4.69, 9.17) is 0 Å². The van der Waals surface area contributed by atoms with Crippen LogP contribution in [0.5, 0.6) is 0 Å². The van der Waals surface area contributed by atoms with Crippen LogP contribution in [0.2, 0.25) is 0 Å². The molecule has 0 aliphatic heterocycles. The van der Waals surface area contributed by atoms with Crippen LogP contribution in [-0.2, 0) is 0 Å². The molecule has 1 atom stereocenters. The first-order valence-corrected chi connectivity index (χ1v) is 6.96. The Morgan fingerprint density at radius 1 is 1.41 bits per heavy atom. The van der Waals surface area contributed by atoms with Crippen LogP contribution in [0.1, 0.15) is 19.8 Å². The molecule has 0 saturated heterocycles. The van der Waals surface area contributed by atoms with Gasteiger partial charge in [-0.1, -0.05) is 0 Å². The van der Waals surface area contributed by atoms with Crippen LogP contribution >= 0.6 is 11.8 Å². The van der Waals surface area contributed by atoms with E-state index in [1.165, 1.54) is 36.7 Å². The van der Waals surface area contributed by atoms with Crippen LogP contribution in [0.25, 0.3) is 0 Å². The van der Waals surface area contributed by atoms with Gasteiger partial charge in [-0.25, -0.2) is 8.78 Å². The van der Waals surface area contributed by atoms with E-state index in [-0.39, 0.29) is 11.6 Å². The zero-order valence-corrected chi connectivity index (χ0v) is 10.7. The van der Waals surface area contributed by atoms with Crippen LogP contribution in [0.3, 0.4) is 0 Å². The van der Waals surface area contributed by atoms with E-state index >= 15 is 0 Å². The van der Waals surface area contributed by atoms with Gasteiger partial charge in [-0.05, 0) is 43.9 Å². The summed E-state index contributed by atoms with van der Waals surface area (Å²) in [5.41, 5.74) is 0. The maximum absolute atomic E-state index is 13.3. The first kappa shape index (κ1) is 12.8. The van der Waals surface area contributed by atoms with Crippen molar-refractivity contribution < 1.29 is 8.78 Å². The number of thioether (sulfide) groups is 1. The van der Waals surface area contributed by atoms with Crippen molar-refractivity contribution in [3.8, 4) is 0 Å². The molecule has 1 aromatic carbocycles. The molecule has 1 aromatic rings. The van der Waals surface area contributed by atoms with Crippen molar-refractivity contribution in [2.75, 3.05) is 12.3 Å². The first-order chi connectivity index (χ1) is 8.16. The molecule has 1 N–H and O–H groups in total. The van der Waals surface area contributed by atoms with Gasteiger partial charge in [0.25, 0.3) is 0 Å². The Bertz CT molecular complexity index is 380. The Morgan fingerprint density at radius 2 is 2.18 bits per heavy atom. The molecule has 0 aromatic heterocycles. The molecule has 1 saturated carbocycles. The van der Waals surface area contributed by atoms with Crippen molar-refractivity contribution in [3.63, 3.8) is 0 Å². The lowest BCUT2D eigenvalue weighted by molar-refractivity contribution is 0.514. The van der Waals surface area contributed by atoms with E-state index in [1.54, 1.807) is 0 Å². The lowest BCUT2D eigenvalue weighted by atomic mass is 10.2. The van der Waals surface area contributed by atoms with Crippen molar-refractivity contribution in [2.45, 2.75) is 30.7 Å². The minimum atomic E-state index is -0.381. The van der Waals surface area contributed by atoms with Crippen LogP contribution in [0.15, 0.2) is 23.1 Å². The third-order valence-corrected chi connectivity index (χ3v) is 4.08. The maximum atomic E-state index is 13.3. The fraction of sp³-hybridized carbons (Fsp3) is 0.538. The molecule has 0 heterocycles. The number of rotatable bonds is 6. The summed E-state index contributed by atoms with van der Waals surface area (Å²) in [6.07, 6.45) is 2.64. The molecular formula is C13H17F2NS. The van der Waals surface area contributed by atoms with E-state index in [0.717, 1.165) is 24.3 Å². The highest BCUT2D eigenvalue weighted by molar-refractivity contribution is 7.99. The molecule has 94 valence electrons. The highest BCUT2D eigenvalue weighted by Gasteiger charge is 2.27. The molecule has 4 heteroatoms. The molecule has 0 amide bonds. The van der Waals surface area contributed by atoms with Crippen LogP contribution in [-0.4, -0.2) is 18.3 Å². The SMILES string of the molecule is CC(NCCSc1cc(F)ccc1F)C1CC1. The molecular weight excluding hydrogens is 240 g/mol. The van der Waals surface area contributed by atoms with Gasteiger partial charge in [-0.2, -0.15) is 0 Å². The summed E-state index contributed by atoms with van der Waals surface area (Å²) in [6.45, 7) is 3.02. The fourth-order valence-corrected chi connectivity index (χ4v) is 2.64. The van der Waals surface area contributed by atoms with Crippen molar-refractivity contribution in [1.29, 1.82) is 0 Å². The van der Waals surface area contributed by atoms with Crippen LogP contribution < -0.4 is 5.32 Å². The lowest BCUT2D eigenvalue weighted by Crippen LogP contribution is -2.29. The smallest absolute Gasteiger partial charge is 0.136 e. The highest BCUT2D eigenvalue weighted by atomic mass is 32.2. The number of hydrogen-bond donors (Lipinski definition) is 1. The third-order valence-electron chi connectivity index (χ3n) is 3.05. The Kier molecular flexibility index (Phi) is 4.40. The molecule has 1 nitrogen and oxygen atoms in total. The summed E-state index contributed by atoms with van der Waals surface area (Å²) in [5, 5.41) is 3.41. The Morgan fingerprint density at radius 3 is 2.88 bits per heavy atom. The molecule has 1 unspecified atom stereocenters. The van der Waals surface area contributed by atoms with Crippen molar-refractivity contribution in [2.24, 2.45) is 5.92 Å². The van der Waals surface area contributed by atoms with E-state index in [1.807, 2.05) is 0 Å². The van der Waals surface area contributed by atoms with Gasteiger partial charge in [-0.15, -0.1) is 11.8 Å². The van der Waals surface area contributed by atoms with Crippen LogP contribution in [0.4, 0.5) is 8.78 Å². The number of hydrogen-bond acceptors (Lipinski definition) is 2. The lowest BCUT2D eigenvalue weighted by Gasteiger charge is -2.12. The van der Waals surface area contributed by atoms with Gasteiger partial charge >= 0.3 is 0 Å². The molecule has 0 bridgehead atoms. The summed E-state index contributed by atoms with van der Waals surface area (Å²) in [6, 6.07) is 4.13. The summed E-state index contributed by atoms with van der Waals surface area (Å²) in [4.78, 5) is 0.394. The standard InChI is InChI=1S/C13H17F2NS/c1-9(10-2-3-10)16-6-7-17-13-8-11(14)4-5-12(13)15/h4-5,8-10,16H,2-3,6-7H2,1H3. The summed E-state index contributed by atoms with van der Waals surface area (Å²) >= 11 is 1.36. The van der Waals surface area contributed by atoms with E-state index in [9.17, 15) is 8.78 Å². The Hall–Kier alpha value is -0.610. The van der Waals surface area contributed by atoms with E-state index in [0.29, 0.717) is 10.9 Å². The van der Waals surface area contributed by atoms with Gasteiger partial charge in [0.15, 0.2) is 0 Å². The molecule has 1 aliphatic rings. The zero-order valence-electron chi connectivity index (χ0n) is 9.88. The number of benzene rings is 1. The third kappa shape index (κ3) is 3.96. The van der Waals surface area contributed by atoms with Crippen molar-refractivity contribution in [1.82, 2.24) is 5.32 Å². The topological polar surface area (TPSA) is 12.0 Å². The van der Waals surface area contributed by atoms with Crippen molar-refractivity contribution >= 4 is 11.8 Å². The Labute approximate surface area is 105 Å². The quantitative estimate of drug-likeness (QED) is 0.619. The Balaban J connectivity index is 1.71. The second-order valence-electron chi connectivity index (χ2n) is 4.50. The highest BCUT2D eigenvalue weighted by Crippen LogP contribution is 2.32. The number of nitrogens with one attached hydrogen (secondary N) is 1. The van der Waals surface area contributed by atoms with Gasteiger partial charge in [0, 0.05) is 23.2 Å². The monoisotopic (exact) mass is 257 g/mol. The average molecular weight is 257 g/mol. The zero-order chi connectivity index (χ0) is 12.3. The second-order valence-corrected chi connectivity index (χ2v) is 5.64. The van der Waals surface area contributed by atoms with E-state index in [2.05, 4.69) is 12.2 Å². The minimum absolute atomic E-state index is 0.341. The minimum Gasteiger partial charge on any atom is -0.313 e. The van der Waals surface area contributed by atoms with Gasteiger partial charge in [0.2, 0.25) is 0 Å².